The maximum absolute atomic E-state index is 13.8. The molecule has 0 bridgehead atoms. The summed E-state index contributed by atoms with van der Waals surface area (Å²) in [6.07, 6.45) is -1.75. The zero-order chi connectivity index (χ0) is 31.9. The van der Waals surface area contributed by atoms with Gasteiger partial charge in [-0.1, -0.05) is 109 Å². The molecule has 46 heavy (non-hydrogen) atoms. The first-order valence-electron chi connectivity index (χ1n) is 15.6. The van der Waals surface area contributed by atoms with Crippen LogP contribution in [0.3, 0.4) is 0 Å². The molecule has 0 saturated carbocycles. The van der Waals surface area contributed by atoms with Gasteiger partial charge in [-0.3, -0.25) is 9.63 Å². The van der Waals surface area contributed by atoms with Crippen molar-refractivity contribution in [1.82, 2.24) is 15.7 Å². The summed E-state index contributed by atoms with van der Waals surface area (Å²) in [4.78, 5) is 45.6. The standard InChI is InChI=1S/C37H37N3O6/c1-2-44-36(42)33-22-34(40(46-33)23-26-15-7-4-8-16-26)39-35(41)32(21-25-13-5-3-6-14-25)38-37(43)45-24-31-29-19-11-9-17-27(29)28-18-10-12-20-30(28)31/h3-20,31-34H,2,21-24H2,1H3,(H,38,43)(H,39,41)/t32-,33+,34+/m0/s1. The van der Waals surface area contributed by atoms with Crippen molar-refractivity contribution < 1.29 is 28.7 Å². The molecule has 0 spiro atoms. The van der Waals surface area contributed by atoms with E-state index in [1.165, 1.54) is 0 Å². The SMILES string of the molecule is CCOC(=O)[C@H]1C[C@H](NC(=O)[C@H](Cc2ccccc2)NC(=O)OCC2c3ccccc3-c3ccccc32)N(Cc2ccccc2)O1. The van der Waals surface area contributed by atoms with Crippen LogP contribution in [0, 0.1) is 0 Å². The van der Waals surface area contributed by atoms with Gasteiger partial charge in [-0.25, -0.2) is 9.59 Å². The van der Waals surface area contributed by atoms with Gasteiger partial charge in [0.2, 0.25) is 5.91 Å². The first kappa shape index (κ1) is 31.0. The first-order valence-corrected chi connectivity index (χ1v) is 15.6. The average Bonchev–Trinajstić information content (AvgIpc) is 3.63. The first-order chi connectivity index (χ1) is 22.5. The Morgan fingerprint density at radius 1 is 0.804 bits per heavy atom. The number of esters is 1. The van der Waals surface area contributed by atoms with E-state index >= 15 is 0 Å². The van der Waals surface area contributed by atoms with E-state index in [-0.39, 0.29) is 32.0 Å². The third-order valence-corrected chi connectivity index (χ3v) is 8.32. The number of hydrogen-bond donors (Lipinski definition) is 2. The van der Waals surface area contributed by atoms with Gasteiger partial charge in [0.25, 0.3) is 0 Å². The molecule has 2 N–H and O–H groups in total. The quantitative estimate of drug-likeness (QED) is 0.218. The summed E-state index contributed by atoms with van der Waals surface area (Å²) in [6, 6.07) is 34.4. The maximum Gasteiger partial charge on any atom is 0.407 e. The van der Waals surface area contributed by atoms with Gasteiger partial charge in [0, 0.05) is 18.8 Å². The molecule has 236 valence electrons. The Kier molecular flexibility index (Phi) is 9.71. The van der Waals surface area contributed by atoms with Gasteiger partial charge in [-0.2, -0.15) is 5.06 Å². The van der Waals surface area contributed by atoms with Gasteiger partial charge in [-0.05, 0) is 40.3 Å². The molecule has 4 aromatic carbocycles. The van der Waals surface area contributed by atoms with Gasteiger partial charge >= 0.3 is 12.1 Å². The van der Waals surface area contributed by atoms with Crippen molar-refractivity contribution in [3.8, 4) is 11.1 Å². The minimum absolute atomic E-state index is 0.110. The molecule has 9 nitrogen and oxygen atoms in total. The predicted molar refractivity (Wildman–Crippen MR) is 172 cm³/mol. The lowest BCUT2D eigenvalue weighted by Gasteiger charge is -2.26. The second kappa shape index (κ2) is 14.4. The number of fused-ring (bicyclic) bond motifs is 3. The highest BCUT2D eigenvalue weighted by Gasteiger charge is 2.40. The van der Waals surface area contributed by atoms with Crippen molar-refractivity contribution >= 4 is 18.0 Å². The van der Waals surface area contributed by atoms with Crippen LogP contribution >= 0.6 is 0 Å². The number of hydrogen-bond acceptors (Lipinski definition) is 7. The molecule has 1 saturated heterocycles. The van der Waals surface area contributed by atoms with Gasteiger partial charge in [0.1, 0.15) is 18.8 Å². The van der Waals surface area contributed by atoms with Gasteiger partial charge in [0.15, 0.2) is 6.10 Å². The lowest BCUT2D eigenvalue weighted by molar-refractivity contribution is -0.195. The van der Waals surface area contributed by atoms with Crippen LogP contribution in [0.15, 0.2) is 109 Å². The number of ether oxygens (including phenoxy) is 2. The number of alkyl carbamates (subject to hydrolysis) is 1. The van der Waals surface area contributed by atoms with Gasteiger partial charge < -0.3 is 20.1 Å². The Morgan fingerprint density at radius 2 is 1.39 bits per heavy atom. The maximum atomic E-state index is 13.8. The Hall–Kier alpha value is -4.99. The number of benzene rings is 4. The molecule has 1 aliphatic carbocycles. The highest BCUT2D eigenvalue weighted by molar-refractivity contribution is 5.86. The summed E-state index contributed by atoms with van der Waals surface area (Å²) in [5.74, 6) is -1.02. The molecular weight excluding hydrogens is 582 g/mol. The third kappa shape index (κ3) is 7.11. The van der Waals surface area contributed by atoms with Crippen LogP contribution in [0.1, 0.15) is 41.5 Å². The highest BCUT2D eigenvalue weighted by Crippen LogP contribution is 2.44. The van der Waals surface area contributed by atoms with Crippen molar-refractivity contribution in [2.75, 3.05) is 13.2 Å². The molecule has 2 amide bonds. The fraction of sp³-hybridized carbons (Fsp3) is 0.270. The lowest BCUT2D eigenvalue weighted by Crippen LogP contribution is -2.53. The van der Waals surface area contributed by atoms with E-state index in [1.54, 1.807) is 12.0 Å². The van der Waals surface area contributed by atoms with Crippen LogP contribution in [0.2, 0.25) is 0 Å². The lowest BCUT2D eigenvalue weighted by atomic mass is 9.98. The zero-order valence-electron chi connectivity index (χ0n) is 25.6. The van der Waals surface area contributed by atoms with E-state index in [0.29, 0.717) is 6.54 Å². The van der Waals surface area contributed by atoms with Crippen LogP contribution in [-0.2, 0) is 36.9 Å². The molecule has 0 aromatic heterocycles. The summed E-state index contributed by atoms with van der Waals surface area (Å²) >= 11 is 0. The average molecular weight is 620 g/mol. The molecule has 1 heterocycles. The molecular formula is C37H37N3O6. The number of hydroxylamine groups is 2. The van der Waals surface area contributed by atoms with Gasteiger partial charge in [-0.15, -0.1) is 0 Å². The molecule has 0 radical (unpaired) electrons. The van der Waals surface area contributed by atoms with Crippen LogP contribution in [0.5, 0.6) is 0 Å². The van der Waals surface area contributed by atoms with E-state index in [4.69, 9.17) is 14.3 Å². The van der Waals surface area contributed by atoms with Crippen molar-refractivity contribution in [2.24, 2.45) is 0 Å². The second-order valence-electron chi connectivity index (χ2n) is 11.4. The summed E-state index contributed by atoms with van der Waals surface area (Å²) in [5.41, 5.74) is 6.29. The van der Waals surface area contributed by atoms with E-state index in [1.807, 2.05) is 84.9 Å². The minimum atomic E-state index is -0.946. The van der Waals surface area contributed by atoms with Crippen molar-refractivity contribution in [1.29, 1.82) is 0 Å². The minimum Gasteiger partial charge on any atom is -0.464 e. The Morgan fingerprint density at radius 3 is 2.02 bits per heavy atom. The van der Waals surface area contributed by atoms with Crippen molar-refractivity contribution in [3.63, 3.8) is 0 Å². The van der Waals surface area contributed by atoms with Crippen LogP contribution < -0.4 is 10.6 Å². The number of amides is 2. The largest absolute Gasteiger partial charge is 0.464 e. The fourth-order valence-corrected chi connectivity index (χ4v) is 6.12. The van der Waals surface area contributed by atoms with Crippen LogP contribution in [0.4, 0.5) is 4.79 Å². The summed E-state index contributed by atoms with van der Waals surface area (Å²) < 4.78 is 11.0. The predicted octanol–water partition coefficient (Wildman–Crippen LogP) is 5.35. The molecule has 0 unspecified atom stereocenters. The summed E-state index contributed by atoms with van der Waals surface area (Å²) in [7, 11) is 0. The van der Waals surface area contributed by atoms with E-state index in [2.05, 4.69) is 34.9 Å². The molecule has 2 aliphatic rings. The Balaban J connectivity index is 1.16. The Labute approximate surface area is 268 Å². The number of carbonyl (C=O) groups excluding carboxylic acids is 3. The fourth-order valence-electron chi connectivity index (χ4n) is 6.12. The molecule has 9 heteroatoms. The van der Waals surface area contributed by atoms with E-state index < -0.39 is 36.3 Å². The molecule has 3 atom stereocenters. The second-order valence-corrected chi connectivity index (χ2v) is 11.4. The number of nitrogens with one attached hydrogen (secondary N) is 2. The van der Waals surface area contributed by atoms with Crippen molar-refractivity contribution in [2.45, 2.75) is 50.5 Å². The molecule has 6 rings (SSSR count). The molecule has 1 fully saturated rings. The highest BCUT2D eigenvalue weighted by atomic mass is 16.7. The van der Waals surface area contributed by atoms with E-state index in [0.717, 1.165) is 33.4 Å². The van der Waals surface area contributed by atoms with Crippen LogP contribution in [0.25, 0.3) is 11.1 Å². The molecule has 4 aromatic rings. The monoisotopic (exact) mass is 619 g/mol. The number of carbonyl (C=O) groups is 3. The van der Waals surface area contributed by atoms with E-state index in [9.17, 15) is 14.4 Å². The topological polar surface area (TPSA) is 106 Å². The summed E-state index contributed by atoms with van der Waals surface area (Å²) in [6.45, 7) is 2.42. The van der Waals surface area contributed by atoms with Gasteiger partial charge in [0.05, 0.1) is 13.2 Å². The normalized spacial score (nSPS) is 17.8. The Bertz CT molecular complexity index is 1620. The smallest absolute Gasteiger partial charge is 0.407 e. The summed E-state index contributed by atoms with van der Waals surface area (Å²) in [5, 5.41) is 7.40. The number of rotatable bonds is 11. The van der Waals surface area contributed by atoms with Crippen molar-refractivity contribution in [3.05, 3.63) is 131 Å². The molecule has 1 aliphatic heterocycles. The number of nitrogens with zero attached hydrogens (tertiary/aromatic N) is 1. The van der Waals surface area contributed by atoms with Crippen LogP contribution in [-0.4, -0.2) is 54.6 Å². The zero-order valence-corrected chi connectivity index (χ0v) is 25.6. The third-order valence-electron chi connectivity index (χ3n) is 8.32.